The number of anilines is 1. The molecule has 2 aliphatic heterocycles. The van der Waals surface area contributed by atoms with Crippen LogP contribution in [0.15, 0.2) is 30.5 Å². The molecule has 1 amide bonds. The molecule has 2 unspecified atom stereocenters. The van der Waals surface area contributed by atoms with Gasteiger partial charge in [0.05, 0.1) is 25.3 Å². The monoisotopic (exact) mass is 467 g/mol. The molecule has 3 aliphatic rings. The number of nitrogens with one attached hydrogen (secondary N) is 1. The van der Waals surface area contributed by atoms with Gasteiger partial charge in [0.15, 0.2) is 17.4 Å². The smallest absolute Gasteiger partial charge is 0.236 e. The third kappa shape index (κ3) is 3.76. The van der Waals surface area contributed by atoms with Crippen molar-refractivity contribution < 1.29 is 18.3 Å². The number of hydrogen-bond acceptors (Lipinski definition) is 6. The minimum Gasteiger partial charge on any atom is -0.491 e. The van der Waals surface area contributed by atoms with Crippen LogP contribution in [0.2, 0.25) is 0 Å². The van der Waals surface area contributed by atoms with Gasteiger partial charge in [0.1, 0.15) is 11.9 Å². The minimum atomic E-state index is -0.741. The number of nitrogens with zero attached hydrogens (tertiary/aromatic N) is 4. The molecule has 1 aromatic heterocycles. The lowest BCUT2D eigenvalue weighted by Crippen LogP contribution is -2.58. The van der Waals surface area contributed by atoms with Gasteiger partial charge < -0.3 is 14.5 Å². The summed E-state index contributed by atoms with van der Waals surface area (Å²) in [5.41, 5.74) is 0.193. The lowest BCUT2D eigenvalue weighted by Gasteiger charge is -2.42. The number of carbonyl (C=O) groups is 1. The first-order valence-electron chi connectivity index (χ1n) is 11.6. The summed E-state index contributed by atoms with van der Waals surface area (Å²) in [5, 5.41) is 12.3. The lowest BCUT2D eigenvalue weighted by molar-refractivity contribution is -0.131. The molecule has 2 bridgehead atoms. The van der Waals surface area contributed by atoms with Gasteiger partial charge in [-0.25, -0.2) is 13.8 Å². The first kappa shape index (κ1) is 22.5. The average Bonchev–Trinajstić information content (AvgIpc) is 3.59. The predicted octanol–water partition coefficient (Wildman–Crippen LogP) is 2.94. The van der Waals surface area contributed by atoms with Crippen LogP contribution in [-0.4, -0.2) is 54.6 Å². The zero-order chi connectivity index (χ0) is 24.0. The second-order valence-corrected chi connectivity index (χ2v) is 9.53. The van der Waals surface area contributed by atoms with Crippen LogP contribution in [0.25, 0.3) is 0 Å². The van der Waals surface area contributed by atoms with Crippen molar-refractivity contribution in [2.45, 2.75) is 43.8 Å². The van der Waals surface area contributed by atoms with Crippen LogP contribution in [0.3, 0.4) is 0 Å². The van der Waals surface area contributed by atoms with Crippen molar-refractivity contribution in [3.63, 3.8) is 0 Å². The number of amides is 1. The van der Waals surface area contributed by atoms with Crippen LogP contribution < -0.4 is 15.0 Å². The number of ether oxygens (including phenoxy) is 1. The van der Waals surface area contributed by atoms with Gasteiger partial charge in [-0.2, -0.15) is 5.26 Å². The van der Waals surface area contributed by atoms with Gasteiger partial charge in [-0.15, -0.1) is 0 Å². The maximum atomic E-state index is 14.8. The lowest BCUT2D eigenvalue weighted by atomic mass is 10.0. The SMILES string of the molecule is COc1c(F)ccc(C2(NCC(=O)N3CC4C[C@H](C)C(C3)N4c3ccc(C#N)cn3)CC2)c1F. The van der Waals surface area contributed by atoms with Crippen LogP contribution >= 0.6 is 0 Å². The number of halogens is 2. The largest absolute Gasteiger partial charge is 0.491 e. The van der Waals surface area contributed by atoms with E-state index in [4.69, 9.17) is 10.00 Å². The molecule has 0 radical (unpaired) electrons. The molecule has 3 heterocycles. The molecule has 1 N–H and O–H groups in total. The second kappa shape index (κ2) is 8.51. The quantitative estimate of drug-likeness (QED) is 0.704. The predicted molar refractivity (Wildman–Crippen MR) is 121 cm³/mol. The Hall–Kier alpha value is -3.25. The Labute approximate surface area is 197 Å². The van der Waals surface area contributed by atoms with E-state index in [1.54, 1.807) is 12.3 Å². The maximum absolute atomic E-state index is 14.8. The van der Waals surface area contributed by atoms with E-state index in [2.05, 4.69) is 28.2 Å². The fraction of sp³-hybridized carbons (Fsp3) is 0.480. The highest BCUT2D eigenvalue weighted by Crippen LogP contribution is 2.48. The van der Waals surface area contributed by atoms with Gasteiger partial charge in [-0.3, -0.25) is 10.1 Å². The molecule has 1 aliphatic carbocycles. The van der Waals surface area contributed by atoms with E-state index in [0.717, 1.165) is 12.2 Å². The average molecular weight is 468 g/mol. The van der Waals surface area contributed by atoms with Crippen LogP contribution in [-0.2, 0) is 10.3 Å². The zero-order valence-corrected chi connectivity index (χ0v) is 19.2. The molecular weight excluding hydrogens is 440 g/mol. The van der Waals surface area contributed by atoms with Crippen molar-refractivity contribution in [1.29, 1.82) is 5.26 Å². The fourth-order valence-corrected chi connectivity index (χ4v) is 5.51. The highest BCUT2D eigenvalue weighted by molar-refractivity contribution is 5.79. The van der Waals surface area contributed by atoms with Crippen LogP contribution in [0, 0.1) is 28.9 Å². The number of pyridine rings is 1. The van der Waals surface area contributed by atoms with Crippen LogP contribution in [0.1, 0.15) is 37.3 Å². The molecule has 5 rings (SSSR count). The van der Waals surface area contributed by atoms with Crippen molar-refractivity contribution in [3.05, 3.63) is 53.2 Å². The summed E-state index contributed by atoms with van der Waals surface area (Å²) >= 11 is 0. The highest BCUT2D eigenvalue weighted by atomic mass is 19.1. The van der Waals surface area contributed by atoms with E-state index in [1.165, 1.54) is 19.2 Å². The van der Waals surface area contributed by atoms with E-state index in [-0.39, 0.29) is 24.5 Å². The Morgan fingerprint density at radius 3 is 2.71 bits per heavy atom. The van der Waals surface area contributed by atoms with Crippen LogP contribution in [0.4, 0.5) is 14.6 Å². The van der Waals surface area contributed by atoms with Gasteiger partial charge >= 0.3 is 0 Å². The van der Waals surface area contributed by atoms with E-state index >= 15 is 0 Å². The third-order valence-corrected chi connectivity index (χ3v) is 7.48. The van der Waals surface area contributed by atoms with E-state index < -0.39 is 22.9 Å². The van der Waals surface area contributed by atoms with Gasteiger partial charge in [0, 0.05) is 36.4 Å². The number of hydrogen-bond donors (Lipinski definition) is 1. The molecule has 2 saturated heterocycles. The second-order valence-electron chi connectivity index (χ2n) is 9.53. The zero-order valence-electron chi connectivity index (χ0n) is 19.2. The fourth-order valence-electron chi connectivity index (χ4n) is 5.51. The molecule has 7 nitrogen and oxygen atoms in total. The van der Waals surface area contributed by atoms with Gasteiger partial charge in [0.2, 0.25) is 5.91 Å². The van der Waals surface area contributed by atoms with Crippen molar-refractivity contribution in [2.24, 2.45) is 5.92 Å². The molecule has 2 aromatic rings. The molecule has 1 saturated carbocycles. The summed E-state index contributed by atoms with van der Waals surface area (Å²) < 4.78 is 33.5. The summed E-state index contributed by atoms with van der Waals surface area (Å²) in [6, 6.07) is 8.68. The Morgan fingerprint density at radius 2 is 2.09 bits per heavy atom. The van der Waals surface area contributed by atoms with E-state index in [1.807, 2.05) is 11.0 Å². The van der Waals surface area contributed by atoms with Gasteiger partial charge in [-0.1, -0.05) is 13.0 Å². The number of methoxy groups -OCH3 is 1. The molecular formula is C25H27F2N5O2. The first-order valence-corrected chi connectivity index (χ1v) is 11.6. The number of rotatable bonds is 6. The Balaban J connectivity index is 1.26. The number of nitriles is 1. The van der Waals surface area contributed by atoms with Crippen molar-refractivity contribution >= 4 is 11.7 Å². The summed E-state index contributed by atoms with van der Waals surface area (Å²) in [5.74, 6) is -0.637. The third-order valence-electron chi connectivity index (χ3n) is 7.48. The number of carbonyl (C=O) groups excluding carboxylic acids is 1. The van der Waals surface area contributed by atoms with Crippen LogP contribution in [0.5, 0.6) is 5.75 Å². The standard InChI is InChI=1S/C25H27F2N5O2/c1-15-9-17-13-31(14-20(15)32(17)21-6-3-16(10-28)11-29-21)22(33)12-30-25(7-8-25)18-4-5-19(26)24(34-2)23(18)27/h3-6,11,15,17,20,30H,7-9,12-14H2,1-2H3/t15-,17?,20?/m0/s1. The topological polar surface area (TPSA) is 81.5 Å². The number of likely N-dealkylation sites (tertiary alicyclic amines) is 1. The Bertz CT molecular complexity index is 1150. The molecule has 0 spiro atoms. The number of aromatic nitrogens is 1. The normalized spacial score (nSPS) is 24.6. The summed E-state index contributed by atoms with van der Waals surface area (Å²) in [6.07, 6.45) is 3.90. The van der Waals surface area contributed by atoms with Gasteiger partial charge in [-0.05, 0) is 43.4 Å². The molecule has 3 fully saturated rings. The molecule has 1 aromatic carbocycles. The number of benzene rings is 1. The Morgan fingerprint density at radius 1 is 1.29 bits per heavy atom. The highest BCUT2D eigenvalue weighted by Gasteiger charge is 2.49. The van der Waals surface area contributed by atoms with E-state index in [0.29, 0.717) is 43.0 Å². The van der Waals surface area contributed by atoms with Gasteiger partial charge in [0.25, 0.3) is 0 Å². The summed E-state index contributed by atoms with van der Waals surface area (Å²) in [4.78, 5) is 21.8. The van der Waals surface area contributed by atoms with Crippen molar-refractivity contribution in [1.82, 2.24) is 15.2 Å². The minimum absolute atomic E-state index is 0.0303. The molecule has 178 valence electrons. The Kier molecular flexibility index (Phi) is 5.64. The molecule has 34 heavy (non-hydrogen) atoms. The molecule has 9 heteroatoms. The van der Waals surface area contributed by atoms with Crippen molar-refractivity contribution in [3.8, 4) is 11.8 Å². The summed E-state index contributed by atoms with van der Waals surface area (Å²) in [6.45, 7) is 3.46. The maximum Gasteiger partial charge on any atom is 0.236 e. The van der Waals surface area contributed by atoms with Crippen molar-refractivity contribution in [2.75, 3.05) is 31.6 Å². The number of fused-ring (bicyclic) bond motifs is 2. The van der Waals surface area contributed by atoms with E-state index in [9.17, 15) is 13.6 Å². The first-order chi connectivity index (χ1) is 16.4. The molecule has 3 atom stereocenters. The summed E-state index contributed by atoms with van der Waals surface area (Å²) in [7, 11) is 1.24. The number of piperazine rings is 1.